The van der Waals surface area contributed by atoms with Crippen molar-refractivity contribution in [2.75, 3.05) is 11.1 Å². The number of carbonyl (C=O) groups excluding carboxylic acids is 3. The van der Waals surface area contributed by atoms with Gasteiger partial charge in [-0.1, -0.05) is 71.8 Å². The molecule has 2 N–H and O–H groups in total. The van der Waals surface area contributed by atoms with E-state index in [1.165, 1.54) is 11.8 Å². The van der Waals surface area contributed by atoms with Gasteiger partial charge in [-0.25, -0.2) is 0 Å². The van der Waals surface area contributed by atoms with Crippen molar-refractivity contribution in [2.45, 2.75) is 11.8 Å². The maximum Gasteiger partial charge on any atom is 0.272 e. The van der Waals surface area contributed by atoms with Crippen molar-refractivity contribution in [3.05, 3.63) is 136 Å². The van der Waals surface area contributed by atoms with E-state index in [1.54, 1.807) is 66.7 Å². The number of hydrogen-bond donors (Lipinski definition) is 2. The number of hydrogen-bond acceptors (Lipinski definition) is 4. The van der Waals surface area contributed by atoms with E-state index >= 15 is 0 Å². The summed E-state index contributed by atoms with van der Waals surface area (Å²) in [4.78, 5) is 39.3. The number of rotatable bonds is 9. The fraction of sp³-hybridized carbons (Fsp3) is 0.0645. The van der Waals surface area contributed by atoms with Crippen molar-refractivity contribution in [2.24, 2.45) is 0 Å². The molecule has 5 nitrogen and oxygen atoms in total. The molecule has 0 fully saturated rings. The number of Topliss-reactive ketones (excluding diaryl/α,β-unsaturated/α-hetero) is 1. The monoisotopic (exact) mass is 540 g/mol. The number of amides is 2. The Morgan fingerprint density at radius 3 is 2.21 bits per heavy atom. The molecule has 4 aromatic rings. The summed E-state index contributed by atoms with van der Waals surface area (Å²) in [5.74, 6) is -0.521. The highest BCUT2D eigenvalue weighted by atomic mass is 35.5. The van der Waals surface area contributed by atoms with Gasteiger partial charge in [0, 0.05) is 26.7 Å². The molecule has 0 aromatic heterocycles. The lowest BCUT2D eigenvalue weighted by Crippen LogP contribution is -2.30. The van der Waals surface area contributed by atoms with Crippen LogP contribution in [0.4, 0.5) is 5.69 Å². The van der Waals surface area contributed by atoms with Crippen molar-refractivity contribution in [3.63, 3.8) is 0 Å². The predicted molar refractivity (Wildman–Crippen MR) is 155 cm³/mol. The first-order valence-corrected chi connectivity index (χ1v) is 13.2. The van der Waals surface area contributed by atoms with E-state index < -0.39 is 11.8 Å². The number of carbonyl (C=O) groups is 3. The number of anilines is 1. The first-order valence-electron chi connectivity index (χ1n) is 11.8. The van der Waals surface area contributed by atoms with Crippen LogP contribution in [0.25, 0.3) is 6.08 Å². The van der Waals surface area contributed by atoms with Gasteiger partial charge in [0.2, 0.25) is 0 Å². The van der Waals surface area contributed by atoms with E-state index in [0.29, 0.717) is 33.2 Å². The summed E-state index contributed by atoms with van der Waals surface area (Å²) >= 11 is 7.53. The summed E-state index contributed by atoms with van der Waals surface area (Å²) in [5, 5.41) is 6.05. The minimum Gasteiger partial charge on any atom is -0.321 e. The van der Waals surface area contributed by atoms with Crippen LogP contribution in [0.1, 0.15) is 31.8 Å². The van der Waals surface area contributed by atoms with Crippen molar-refractivity contribution >= 4 is 52.7 Å². The summed E-state index contributed by atoms with van der Waals surface area (Å²) in [7, 11) is 0. The number of benzene rings is 4. The summed E-state index contributed by atoms with van der Waals surface area (Å²) in [5.41, 5.74) is 3.51. The molecule has 0 saturated carbocycles. The van der Waals surface area contributed by atoms with Gasteiger partial charge >= 0.3 is 0 Å². The summed E-state index contributed by atoms with van der Waals surface area (Å²) in [6.07, 6.45) is 1.57. The van der Waals surface area contributed by atoms with Crippen LogP contribution in [0.3, 0.4) is 0 Å². The first-order chi connectivity index (χ1) is 18.4. The fourth-order valence-corrected chi connectivity index (χ4v) is 4.50. The molecule has 0 unspecified atom stereocenters. The van der Waals surface area contributed by atoms with Crippen molar-refractivity contribution in [3.8, 4) is 0 Å². The van der Waals surface area contributed by atoms with Crippen LogP contribution in [0.15, 0.2) is 114 Å². The second-order valence-electron chi connectivity index (χ2n) is 8.49. The average Bonchev–Trinajstić information content (AvgIpc) is 2.93. The quantitative estimate of drug-likeness (QED) is 0.136. The van der Waals surface area contributed by atoms with Crippen LogP contribution in [0, 0.1) is 6.92 Å². The Kier molecular flexibility index (Phi) is 9.14. The number of ketones is 1. The Balaban J connectivity index is 1.44. The van der Waals surface area contributed by atoms with E-state index in [2.05, 4.69) is 10.6 Å². The smallest absolute Gasteiger partial charge is 0.272 e. The Hall–Kier alpha value is -4.13. The molecule has 0 heterocycles. The highest BCUT2D eigenvalue weighted by Gasteiger charge is 2.15. The van der Waals surface area contributed by atoms with Crippen molar-refractivity contribution in [1.82, 2.24) is 5.32 Å². The largest absolute Gasteiger partial charge is 0.321 e. The lowest BCUT2D eigenvalue weighted by atomic mass is 10.1. The highest BCUT2D eigenvalue weighted by molar-refractivity contribution is 8.00. The molecule has 2 amide bonds. The first kappa shape index (κ1) is 26.9. The number of halogens is 1. The van der Waals surface area contributed by atoms with E-state index in [-0.39, 0.29) is 11.5 Å². The number of aryl methyl sites for hydroxylation is 1. The third kappa shape index (κ3) is 7.68. The molecule has 0 saturated heterocycles. The SMILES string of the molecule is Cc1ccc(C(=O)CSc2ccc(NC(=O)/C(=C/c3cccc(Cl)c3)NC(=O)c3ccccc3)cc2)cc1. The van der Waals surface area contributed by atoms with Crippen LogP contribution in [-0.4, -0.2) is 23.4 Å². The molecular formula is C31H25ClN2O3S. The average molecular weight is 541 g/mol. The molecule has 38 heavy (non-hydrogen) atoms. The topological polar surface area (TPSA) is 75.3 Å². The summed E-state index contributed by atoms with van der Waals surface area (Å²) in [6.45, 7) is 1.98. The van der Waals surface area contributed by atoms with Crippen LogP contribution >= 0.6 is 23.4 Å². The Labute approximate surface area is 230 Å². The molecule has 0 aliphatic rings. The molecule has 4 aromatic carbocycles. The van der Waals surface area contributed by atoms with E-state index in [9.17, 15) is 14.4 Å². The van der Waals surface area contributed by atoms with E-state index in [4.69, 9.17) is 11.6 Å². The van der Waals surface area contributed by atoms with Crippen LogP contribution < -0.4 is 10.6 Å². The lowest BCUT2D eigenvalue weighted by Gasteiger charge is -2.12. The number of thioether (sulfide) groups is 1. The molecule has 0 spiro atoms. The zero-order valence-electron chi connectivity index (χ0n) is 20.6. The third-order valence-electron chi connectivity index (χ3n) is 5.54. The minimum atomic E-state index is -0.482. The third-order valence-corrected chi connectivity index (χ3v) is 6.79. The van der Waals surface area contributed by atoms with Crippen molar-refractivity contribution in [1.29, 1.82) is 0 Å². The van der Waals surface area contributed by atoms with Gasteiger partial charge < -0.3 is 10.6 Å². The minimum absolute atomic E-state index is 0.0531. The van der Waals surface area contributed by atoms with Gasteiger partial charge in [-0.15, -0.1) is 11.8 Å². The normalized spacial score (nSPS) is 11.1. The van der Waals surface area contributed by atoms with Crippen LogP contribution in [-0.2, 0) is 4.79 Å². The second-order valence-corrected chi connectivity index (χ2v) is 9.97. The lowest BCUT2D eigenvalue weighted by molar-refractivity contribution is -0.113. The Morgan fingerprint density at radius 1 is 0.816 bits per heavy atom. The predicted octanol–water partition coefficient (Wildman–Crippen LogP) is 7.03. The fourth-order valence-electron chi connectivity index (χ4n) is 3.51. The van der Waals surface area contributed by atoms with Gasteiger partial charge in [-0.2, -0.15) is 0 Å². The van der Waals surface area contributed by atoms with E-state index in [1.807, 2.05) is 49.4 Å². The van der Waals surface area contributed by atoms with Gasteiger partial charge in [-0.3, -0.25) is 14.4 Å². The molecule has 0 aliphatic heterocycles. The summed E-state index contributed by atoms with van der Waals surface area (Å²) in [6, 6.07) is 30.4. The molecule has 0 radical (unpaired) electrons. The molecule has 190 valence electrons. The Morgan fingerprint density at radius 2 is 1.53 bits per heavy atom. The molecule has 0 aliphatic carbocycles. The van der Waals surface area contributed by atoms with Gasteiger partial charge in [0.1, 0.15) is 5.70 Å². The maximum absolute atomic E-state index is 13.2. The maximum atomic E-state index is 13.2. The second kappa shape index (κ2) is 12.9. The molecule has 7 heteroatoms. The van der Waals surface area contributed by atoms with Gasteiger partial charge in [-0.05, 0) is 67.1 Å². The van der Waals surface area contributed by atoms with Gasteiger partial charge in [0.15, 0.2) is 5.78 Å². The van der Waals surface area contributed by atoms with Gasteiger partial charge in [0.05, 0.1) is 5.75 Å². The highest BCUT2D eigenvalue weighted by Crippen LogP contribution is 2.22. The molecule has 0 atom stereocenters. The summed E-state index contributed by atoms with van der Waals surface area (Å²) < 4.78 is 0. The van der Waals surface area contributed by atoms with Gasteiger partial charge in [0.25, 0.3) is 11.8 Å². The van der Waals surface area contributed by atoms with E-state index in [0.717, 1.165) is 10.5 Å². The van der Waals surface area contributed by atoms with Crippen molar-refractivity contribution < 1.29 is 14.4 Å². The molecular weight excluding hydrogens is 516 g/mol. The molecule has 4 rings (SSSR count). The number of nitrogens with one attached hydrogen (secondary N) is 2. The molecule has 0 bridgehead atoms. The van der Waals surface area contributed by atoms with Crippen LogP contribution in [0.5, 0.6) is 0 Å². The standard InChI is InChI=1S/C31H25ClN2O3S/c1-21-10-12-23(13-11-21)29(35)20-38-27-16-14-26(15-17-27)33-31(37)28(19-22-6-5-9-25(32)18-22)34-30(36)24-7-3-2-4-8-24/h2-19H,20H2,1H3,(H,33,37)(H,34,36)/b28-19-. The Bertz CT molecular complexity index is 1470. The zero-order valence-corrected chi connectivity index (χ0v) is 22.2. The van der Waals surface area contributed by atoms with Crippen LogP contribution in [0.2, 0.25) is 5.02 Å². The zero-order chi connectivity index (χ0) is 26.9.